The first-order valence-corrected chi connectivity index (χ1v) is 5.45. The molecule has 0 unspecified atom stereocenters. The lowest BCUT2D eigenvalue weighted by atomic mass is 9.89. The van der Waals surface area contributed by atoms with Crippen molar-refractivity contribution in [2.75, 3.05) is 0 Å². The normalized spacial score (nSPS) is 25.6. The number of rotatable bonds is 1. The second-order valence-electron chi connectivity index (χ2n) is 3.79. The van der Waals surface area contributed by atoms with Crippen molar-refractivity contribution in [3.05, 3.63) is 0 Å². The lowest BCUT2D eigenvalue weighted by Crippen LogP contribution is -2.25. The lowest BCUT2D eigenvalue weighted by Gasteiger charge is -2.28. The molecule has 0 aliphatic heterocycles. The van der Waals surface area contributed by atoms with Crippen LogP contribution in [0.25, 0.3) is 0 Å². The summed E-state index contributed by atoms with van der Waals surface area (Å²) in [7, 11) is 0. The van der Waals surface area contributed by atoms with Crippen LogP contribution in [0.2, 0.25) is 0 Å². The van der Waals surface area contributed by atoms with E-state index >= 15 is 0 Å². The summed E-state index contributed by atoms with van der Waals surface area (Å²) in [6, 6.07) is 0. The first-order valence-electron chi connectivity index (χ1n) is 4.57. The van der Waals surface area contributed by atoms with Crippen molar-refractivity contribution in [3.8, 4) is 0 Å². The summed E-state index contributed by atoms with van der Waals surface area (Å²) in [5.74, 6) is 0. The van der Waals surface area contributed by atoms with Gasteiger partial charge in [0.25, 0.3) is 0 Å². The minimum absolute atomic E-state index is 0.182. The Hall–Kier alpha value is 0.690. The highest BCUT2D eigenvalue weighted by Crippen LogP contribution is 2.30. The Morgan fingerprint density at radius 2 is 1.45 bits per heavy atom. The lowest BCUT2D eigenvalue weighted by molar-refractivity contribution is 0.111. The van der Waals surface area contributed by atoms with Crippen LogP contribution in [0, 0.1) is 0 Å². The van der Waals surface area contributed by atoms with Crippen molar-refractivity contribution in [1.82, 2.24) is 0 Å². The molecule has 0 aromatic carbocycles. The fourth-order valence-electron chi connectivity index (χ4n) is 1.73. The van der Waals surface area contributed by atoms with Crippen molar-refractivity contribution in [2.24, 2.45) is 0 Å². The molecule has 0 aromatic heterocycles. The molecule has 1 saturated carbocycles. The van der Waals surface area contributed by atoms with Gasteiger partial charge in [-0.25, -0.2) is 0 Å². The van der Waals surface area contributed by atoms with Crippen molar-refractivity contribution < 1.29 is 3.07 Å². The topological polar surface area (TPSA) is 9.23 Å². The van der Waals surface area contributed by atoms with Crippen LogP contribution in [0.3, 0.4) is 0 Å². The Morgan fingerprint density at radius 1 is 1.00 bits per heavy atom. The third kappa shape index (κ3) is 3.28. The molecular formula is C9H17IO. The molecular weight excluding hydrogens is 251 g/mol. The van der Waals surface area contributed by atoms with Crippen LogP contribution in [-0.4, -0.2) is 5.60 Å². The fourth-order valence-corrected chi connectivity index (χ4v) is 2.17. The van der Waals surface area contributed by atoms with Crippen LogP contribution < -0.4 is 0 Å². The predicted octanol–water partition coefficient (Wildman–Crippen LogP) is 3.86. The average molecular weight is 268 g/mol. The second kappa shape index (κ2) is 4.65. The first kappa shape index (κ1) is 9.78. The third-order valence-electron chi connectivity index (χ3n) is 2.60. The van der Waals surface area contributed by atoms with E-state index in [1.54, 1.807) is 0 Å². The van der Waals surface area contributed by atoms with E-state index in [9.17, 15) is 0 Å². The van der Waals surface area contributed by atoms with E-state index in [4.69, 9.17) is 3.07 Å². The summed E-state index contributed by atoms with van der Waals surface area (Å²) in [6.45, 7) is 2.24. The second-order valence-corrected chi connectivity index (χ2v) is 4.24. The maximum atomic E-state index is 5.48. The Kier molecular flexibility index (Phi) is 4.13. The summed E-state index contributed by atoms with van der Waals surface area (Å²) >= 11 is 2.05. The smallest absolute Gasteiger partial charge is 0.110 e. The monoisotopic (exact) mass is 268 g/mol. The zero-order valence-corrected chi connectivity index (χ0v) is 9.39. The van der Waals surface area contributed by atoms with Gasteiger partial charge in [-0.15, -0.1) is 0 Å². The highest BCUT2D eigenvalue weighted by molar-refractivity contribution is 14.1. The van der Waals surface area contributed by atoms with Gasteiger partial charge < -0.3 is 3.07 Å². The van der Waals surface area contributed by atoms with Gasteiger partial charge in [-0.05, 0) is 19.8 Å². The molecule has 0 aromatic rings. The van der Waals surface area contributed by atoms with Crippen LogP contribution >= 0.6 is 23.0 Å². The van der Waals surface area contributed by atoms with Crippen LogP contribution in [0.4, 0.5) is 0 Å². The van der Waals surface area contributed by atoms with Crippen LogP contribution in [0.1, 0.15) is 51.9 Å². The van der Waals surface area contributed by atoms with E-state index in [2.05, 4.69) is 29.9 Å². The minimum atomic E-state index is 0.182. The van der Waals surface area contributed by atoms with Crippen LogP contribution in [-0.2, 0) is 3.07 Å². The third-order valence-corrected chi connectivity index (χ3v) is 3.66. The van der Waals surface area contributed by atoms with Crippen molar-refractivity contribution in [3.63, 3.8) is 0 Å². The molecule has 0 atom stereocenters. The Bertz CT molecular complexity index is 106. The standard InChI is InChI=1S/C9H17IO/c1-9(11-10)7-5-3-2-4-6-8-9/h2-8H2,1H3. The summed E-state index contributed by atoms with van der Waals surface area (Å²) in [5, 5.41) is 0. The Morgan fingerprint density at radius 3 is 1.91 bits per heavy atom. The summed E-state index contributed by atoms with van der Waals surface area (Å²) in [4.78, 5) is 0. The molecule has 0 N–H and O–H groups in total. The molecule has 11 heavy (non-hydrogen) atoms. The highest BCUT2D eigenvalue weighted by Gasteiger charge is 2.24. The zero-order chi connectivity index (χ0) is 8.16. The molecule has 2 heteroatoms. The fraction of sp³-hybridized carbons (Fsp3) is 1.00. The van der Waals surface area contributed by atoms with E-state index < -0.39 is 0 Å². The number of hydrogen-bond donors (Lipinski definition) is 0. The molecule has 0 saturated heterocycles. The van der Waals surface area contributed by atoms with Gasteiger partial charge in [-0.2, -0.15) is 0 Å². The molecule has 1 fully saturated rings. The summed E-state index contributed by atoms with van der Waals surface area (Å²) < 4.78 is 5.48. The van der Waals surface area contributed by atoms with Crippen LogP contribution in [0.5, 0.6) is 0 Å². The quantitative estimate of drug-likeness (QED) is 0.656. The largest absolute Gasteiger partial charge is 0.309 e. The predicted molar refractivity (Wildman–Crippen MR) is 55.8 cm³/mol. The molecule has 1 aliphatic rings. The number of halogens is 1. The minimum Gasteiger partial charge on any atom is -0.309 e. The Labute approximate surface area is 83.6 Å². The summed E-state index contributed by atoms with van der Waals surface area (Å²) in [5.41, 5.74) is 0.182. The molecule has 66 valence electrons. The molecule has 1 nitrogen and oxygen atoms in total. The molecule has 0 bridgehead atoms. The van der Waals surface area contributed by atoms with E-state index in [0.717, 1.165) is 0 Å². The van der Waals surface area contributed by atoms with Crippen LogP contribution in [0.15, 0.2) is 0 Å². The molecule has 0 spiro atoms. The maximum Gasteiger partial charge on any atom is 0.110 e. The summed E-state index contributed by atoms with van der Waals surface area (Å²) in [6.07, 6.45) is 9.41. The highest BCUT2D eigenvalue weighted by atomic mass is 127. The molecule has 1 rings (SSSR count). The van der Waals surface area contributed by atoms with E-state index in [-0.39, 0.29) is 5.60 Å². The van der Waals surface area contributed by atoms with Crippen molar-refractivity contribution in [1.29, 1.82) is 0 Å². The van der Waals surface area contributed by atoms with E-state index in [1.807, 2.05) is 0 Å². The van der Waals surface area contributed by atoms with Crippen molar-refractivity contribution in [2.45, 2.75) is 57.5 Å². The molecule has 0 heterocycles. The van der Waals surface area contributed by atoms with Gasteiger partial charge in [0.15, 0.2) is 0 Å². The SMILES string of the molecule is CC1(OI)CCCCCCC1. The van der Waals surface area contributed by atoms with Gasteiger partial charge in [0.1, 0.15) is 23.0 Å². The molecule has 1 aliphatic carbocycles. The van der Waals surface area contributed by atoms with Gasteiger partial charge in [-0.3, -0.25) is 0 Å². The Balaban J connectivity index is 2.37. The molecule has 0 radical (unpaired) electrons. The maximum absolute atomic E-state index is 5.48. The molecule has 0 amide bonds. The van der Waals surface area contributed by atoms with Gasteiger partial charge in [0.05, 0.1) is 5.60 Å². The van der Waals surface area contributed by atoms with Gasteiger partial charge in [-0.1, -0.05) is 32.1 Å². The van der Waals surface area contributed by atoms with Gasteiger partial charge in [0.2, 0.25) is 0 Å². The van der Waals surface area contributed by atoms with Crippen molar-refractivity contribution >= 4 is 23.0 Å². The zero-order valence-electron chi connectivity index (χ0n) is 7.24. The number of hydrogen-bond acceptors (Lipinski definition) is 1. The first-order chi connectivity index (χ1) is 5.27. The van der Waals surface area contributed by atoms with Gasteiger partial charge in [0, 0.05) is 0 Å². The average Bonchev–Trinajstić information content (AvgIpc) is 1.98. The van der Waals surface area contributed by atoms with Gasteiger partial charge >= 0.3 is 0 Å². The van der Waals surface area contributed by atoms with E-state index in [1.165, 1.54) is 44.9 Å². The van der Waals surface area contributed by atoms with E-state index in [0.29, 0.717) is 0 Å².